The topological polar surface area (TPSA) is 87.5 Å². The van der Waals surface area contributed by atoms with Crippen LogP contribution >= 0.6 is 11.3 Å². The van der Waals surface area contributed by atoms with E-state index in [9.17, 15) is 4.79 Å². The number of aromatic nitrogens is 3. The molecule has 9 heteroatoms. The number of imidazole rings is 1. The van der Waals surface area contributed by atoms with Crippen LogP contribution in [0.4, 0.5) is 5.13 Å². The minimum absolute atomic E-state index is 0.279. The van der Waals surface area contributed by atoms with Crippen molar-refractivity contribution in [1.29, 1.82) is 0 Å². The SMILES string of the molecule is COc1cc(/C=C/C(=O)Nc2nc(C)c(-c3nccn3C)s2)cc2c1OCCO2. The van der Waals surface area contributed by atoms with E-state index in [1.165, 1.54) is 17.4 Å². The van der Waals surface area contributed by atoms with Gasteiger partial charge in [0.2, 0.25) is 11.7 Å². The van der Waals surface area contributed by atoms with Gasteiger partial charge in [0.15, 0.2) is 22.5 Å². The van der Waals surface area contributed by atoms with Crippen molar-refractivity contribution in [1.82, 2.24) is 14.5 Å². The van der Waals surface area contributed by atoms with Crippen LogP contribution in [0.5, 0.6) is 17.2 Å². The van der Waals surface area contributed by atoms with E-state index in [4.69, 9.17) is 14.2 Å². The summed E-state index contributed by atoms with van der Waals surface area (Å²) in [5, 5.41) is 3.33. The van der Waals surface area contributed by atoms with E-state index in [0.29, 0.717) is 35.6 Å². The Hall–Kier alpha value is -3.33. The second-order valence-electron chi connectivity index (χ2n) is 6.37. The highest BCUT2D eigenvalue weighted by atomic mass is 32.1. The Bertz CT molecular complexity index is 1070. The van der Waals surface area contributed by atoms with Crippen molar-refractivity contribution >= 4 is 28.5 Å². The highest BCUT2D eigenvalue weighted by molar-refractivity contribution is 7.19. The standard InChI is InChI=1S/C20H20N4O4S/c1-12-18(19-21-6-7-24(19)2)29-20(22-12)23-16(25)5-4-13-10-14(26-3)17-15(11-13)27-8-9-28-17/h4-7,10-11H,8-9H2,1-3H3,(H,22,23,25)/b5-4+. The number of thiazole rings is 1. The lowest BCUT2D eigenvalue weighted by Gasteiger charge is -2.20. The largest absolute Gasteiger partial charge is 0.493 e. The molecule has 1 aromatic carbocycles. The number of carbonyl (C=O) groups excluding carboxylic acids is 1. The van der Waals surface area contributed by atoms with E-state index in [2.05, 4.69) is 15.3 Å². The molecule has 1 N–H and O–H groups in total. The predicted molar refractivity (Wildman–Crippen MR) is 111 cm³/mol. The number of carbonyl (C=O) groups is 1. The van der Waals surface area contributed by atoms with E-state index in [-0.39, 0.29) is 5.91 Å². The Labute approximate surface area is 171 Å². The molecule has 0 spiro atoms. The molecule has 0 aliphatic carbocycles. The van der Waals surface area contributed by atoms with Crippen molar-refractivity contribution in [2.24, 2.45) is 7.05 Å². The summed E-state index contributed by atoms with van der Waals surface area (Å²) in [6.45, 7) is 2.85. The maximum absolute atomic E-state index is 12.4. The van der Waals surface area contributed by atoms with E-state index in [0.717, 1.165) is 22.0 Å². The van der Waals surface area contributed by atoms with Crippen LogP contribution in [-0.2, 0) is 11.8 Å². The first-order valence-corrected chi connectivity index (χ1v) is 9.78. The van der Waals surface area contributed by atoms with Gasteiger partial charge in [0.25, 0.3) is 0 Å². The van der Waals surface area contributed by atoms with Gasteiger partial charge in [-0.25, -0.2) is 9.97 Å². The number of fused-ring (bicyclic) bond motifs is 1. The number of hydrogen-bond acceptors (Lipinski definition) is 7. The van der Waals surface area contributed by atoms with E-state index >= 15 is 0 Å². The molecule has 29 heavy (non-hydrogen) atoms. The third kappa shape index (κ3) is 3.95. The average molecular weight is 412 g/mol. The fourth-order valence-corrected chi connectivity index (χ4v) is 3.96. The molecule has 3 heterocycles. The predicted octanol–water partition coefficient (Wildman–Crippen LogP) is 3.28. The first-order valence-electron chi connectivity index (χ1n) is 8.97. The lowest BCUT2D eigenvalue weighted by molar-refractivity contribution is -0.111. The van der Waals surface area contributed by atoms with E-state index in [1.54, 1.807) is 25.4 Å². The molecular weight excluding hydrogens is 392 g/mol. The Balaban J connectivity index is 1.49. The minimum atomic E-state index is -0.279. The Morgan fingerprint density at radius 2 is 2.17 bits per heavy atom. The number of nitrogens with zero attached hydrogens (tertiary/aromatic N) is 3. The van der Waals surface area contributed by atoms with Crippen LogP contribution in [0.25, 0.3) is 16.8 Å². The molecule has 1 aliphatic rings. The molecule has 150 valence electrons. The molecule has 0 fully saturated rings. The van der Waals surface area contributed by atoms with Gasteiger partial charge in [0.05, 0.1) is 17.7 Å². The van der Waals surface area contributed by atoms with Crippen LogP contribution in [-0.4, -0.2) is 40.8 Å². The van der Waals surface area contributed by atoms with Crippen molar-refractivity contribution in [2.45, 2.75) is 6.92 Å². The van der Waals surface area contributed by atoms with Crippen molar-refractivity contribution in [2.75, 3.05) is 25.6 Å². The van der Waals surface area contributed by atoms with Crippen LogP contribution in [0, 0.1) is 6.92 Å². The number of aryl methyl sites for hydroxylation is 2. The number of methoxy groups -OCH3 is 1. The summed E-state index contributed by atoms with van der Waals surface area (Å²) in [6.07, 6.45) is 6.74. The van der Waals surface area contributed by atoms with Crippen LogP contribution in [0.15, 0.2) is 30.6 Å². The maximum atomic E-state index is 12.4. The van der Waals surface area contributed by atoms with Crippen molar-refractivity contribution in [3.8, 4) is 28.0 Å². The molecule has 0 bridgehead atoms. The minimum Gasteiger partial charge on any atom is -0.493 e. The summed E-state index contributed by atoms with van der Waals surface area (Å²) in [5.74, 6) is 2.29. The lowest BCUT2D eigenvalue weighted by atomic mass is 10.1. The zero-order valence-electron chi connectivity index (χ0n) is 16.3. The second-order valence-corrected chi connectivity index (χ2v) is 7.36. The molecule has 1 aliphatic heterocycles. The van der Waals surface area contributed by atoms with E-state index < -0.39 is 0 Å². The summed E-state index contributed by atoms with van der Waals surface area (Å²) in [5.41, 5.74) is 1.59. The summed E-state index contributed by atoms with van der Waals surface area (Å²) in [7, 11) is 3.49. The van der Waals surface area contributed by atoms with Gasteiger partial charge in [-0.2, -0.15) is 0 Å². The van der Waals surface area contributed by atoms with Gasteiger partial charge in [-0.05, 0) is 30.7 Å². The molecule has 0 unspecified atom stereocenters. The van der Waals surface area contributed by atoms with Crippen molar-refractivity contribution < 1.29 is 19.0 Å². The first kappa shape index (κ1) is 19.0. The fraction of sp³-hybridized carbons (Fsp3) is 0.250. The monoisotopic (exact) mass is 412 g/mol. The Morgan fingerprint density at radius 1 is 1.34 bits per heavy atom. The molecule has 4 rings (SSSR count). The molecule has 0 atom stereocenters. The fourth-order valence-electron chi connectivity index (χ4n) is 2.95. The number of nitrogens with one attached hydrogen (secondary N) is 1. The summed E-state index contributed by atoms with van der Waals surface area (Å²) in [6, 6.07) is 3.61. The molecular formula is C20H20N4O4S. The molecule has 2 aromatic heterocycles. The van der Waals surface area contributed by atoms with Crippen LogP contribution < -0.4 is 19.5 Å². The number of hydrogen-bond donors (Lipinski definition) is 1. The number of rotatable bonds is 5. The number of ether oxygens (including phenoxy) is 3. The summed E-state index contributed by atoms with van der Waals surface area (Å²) >= 11 is 1.39. The van der Waals surface area contributed by atoms with Crippen LogP contribution in [0.3, 0.4) is 0 Å². The number of anilines is 1. The van der Waals surface area contributed by atoms with Gasteiger partial charge in [-0.15, -0.1) is 0 Å². The van der Waals surface area contributed by atoms with Gasteiger partial charge in [-0.1, -0.05) is 11.3 Å². The van der Waals surface area contributed by atoms with Gasteiger partial charge >= 0.3 is 0 Å². The van der Waals surface area contributed by atoms with Gasteiger partial charge in [0, 0.05) is 25.5 Å². The normalized spacial score (nSPS) is 12.9. The average Bonchev–Trinajstić information content (AvgIpc) is 3.30. The molecule has 8 nitrogen and oxygen atoms in total. The molecule has 0 saturated carbocycles. The third-order valence-electron chi connectivity index (χ3n) is 4.33. The Morgan fingerprint density at radius 3 is 2.93 bits per heavy atom. The summed E-state index contributed by atoms with van der Waals surface area (Å²) in [4.78, 5) is 22.1. The quantitative estimate of drug-likeness (QED) is 0.647. The zero-order valence-corrected chi connectivity index (χ0v) is 17.1. The van der Waals surface area contributed by atoms with Crippen LogP contribution in [0.2, 0.25) is 0 Å². The van der Waals surface area contributed by atoms with Crippen molar-refractivity contribution in [3.05, 3.63) is 41.9 Å². The maximum Gasteiger partial charge on any atom is 0.250 e. The molecule has 0 radical (unpaired) electrons. The molecule has 3 aromatic rings. The second kappa shape index (κ2) is 7.96. The lowest BCUT2D eigenvalue weighted by Crippen LogP contribution is -2.16. The highest BCUT2D eigenvalue weighted by Crippen LogP contribution is 2.40. The smallest absolute Gasteiger partial charge is 0.250 e. The third-order valence-corrected chi connectivity index (χ3v) is 5.40. The summed E-state index contributed by atoms with van der Waals surface area (Å²) < 4.78 is 18.5. The molecule has 0 saturated heterocycles. The molecule has 1 amide bonds. The zero-order chi connectivity index (χ0) is 20.4. The van der Waals surface area contributed by atoms with Gasteiger partial charge in [-0.3, -0.25) is 10.1 Å². The number of benzene rings is 1. The first-order chi connectivity index (χ1) is 14.0. The highest BCUT2D eigenvalue weighted by Gasteiger charge is 2.18. The Kier molecular flexibility index (Phi) is 5.22. The van der Waals surface area contributed by atoms with Gasteiger partial charge in [0.1, 0.15) is 13.2 Å². The van der Waals surface area contributed by atoms with Crippen LogP contribution in [0.1, 0.15) is 11.3 Å². The van der Waals surface area contributed by atoms with Crippen molar-refractivity contribution in [3.63, 3.8) is 0 Å². The van der Waals surface area contributed by atoms with E-state index in [1.807, 2.05) is 30.8 Å². The number of amides is 1. The van der Waals surface area contributed by atoms with Gasteiger partial charge < -0.3 is 18.8 Å².